The van der Waals surface area contributed by atoms with E-state index in [1.54, 1.807) is 0 Å². The van der Waals surface area contributed by atoms with Gasteiger partial charge in [0.25, 0.3) is 0 Å². The first-order valence-electron chi connectivity index (χ1n) is 12.5. The second kappa shape index (κ2) is 10.2. The van der Waals surface area contributed by atoms with Gasteiger partial charge >= 0.3 is 5.97 Å². The van der Waals surface area contributed by atoms with Crippen LogP contribution in [0.5, 0.6) is 11.5 Å². The van der Waals surface area contributed by atoms with E-state index in [9.17, 15) is 9.90 Å². The number of allylic oxidation sites excluding steroid dienone is 1. The van der Waals surface area contributed by atoms with E-state index in [1.807, 2.05) is 18.2 Å². The molecule has 3 aromatic carbocycles. The second-order valence-electron chi connectivity index (χ2n) is 9.88. The topological polar surface area (TPSA) is 65.0 Å². The highest BCUT2D eigenvalue weighted by Crippen LogP contribution is 2.43. The van der Waals surface area contributed by atoms with Crippen molar-refractivity contribution in [3.63, 3.8) is 0 Å². The van der Waals surface area contributed by atoms with Crippen molar-refractivity contribution in [2.75, 3.05) is 13.2 Å². The molecule has 2 aliphatic rings. The van der Waals surface area contributed by atoms with Crippen molar-refractivity contribution in [3.8, 4) is 22.6 Å². The quantitative estimate of drug-likeness (QED) is 0.386. The number of aliphatic carboxylic acids is 1. The summed E-state index contributed by atoms with van der Waals surface area (Å²) in [6, 6.07) is 18.6. The first-order chi connectivity index (χ1) is 17.4. The van der Waals surface area contributed by atoms with Gasteiger partial charge in [-0.25, -0.2) is 0 Å². The number of aryl methyl sites for hydroxylation is 2. The van der Waals surface area contributed by atoms with Crippen LogP contribution in [0.4, 0.5) is 0 Å². The van der Waals surface area contributed by atoms with E-state index in [4.69, 9.17) is 14.2 Å². The summed E-state index contributed by atoms with van der Waals surface area (Å²) in [5, 5.41) is 9.20. The molecule has 5 nitrogen and oxygen atoms in total. The van der Waals surface area contributed by atoms with Gasteiger partial charge in [0.05, 0.1) is 19.6 Å². The SMILES string of the molecule is C=C1C[C@H](CC(=O)O)c2ccc(OCc3cccc(-c4c(C)cc(O[C@@H]5CCOC5)cc4C)c3)cc21. The third-order valence-electron chi connectivity index (χ3n) is 7.08. The number of carboxylic acid groups (broad SMARTS) is 1. The monoisotopic (exact) mass is 484 g/mol. The van der Waals surface area contributed by atoms with Crippen molar-refractivity contribution in [1.29, 1.82) is 0 Å². The van der Waals surface area contributed by atoms with Crippen LogP contribution >= 0.6 is 0 Å². The van der Waals surface area contributed by atoms with Crippen LogP contribution in [-0.4, -0.2) is 30.4 Å². The zero-order valence-corrected chi connectivity index (χ0v) is 20.9. The summed E-state index contributed by atoms with van der Waals surface area (Å²) in [6.45, 7) is 10.3. The molecule has 2 atom stereocenters. The molecule has 1 fully saturated rings. The molecule has 186 valence electrons. The Morgan fingerprint density at radius 1 is 1.08 bits per heavy atom. The number of carboxylic acids is 1. The predicted octanol–water partition coefficient (Wildman–Crippen LogP) is 6.69. The van der Waals surface area contributed by atoms with Gasteiger partial charge in [-0.05, 0) is 101 Å². The van der Waals surface area contributed by atoms with Gasteiger partial charge in [0, 0.05) is 6.42 Å². The van der Waals surface area contributed by atoms with E-state index in [0.29, 0.717) is 19.6 Å². The lowest BCUT2D eigenvalue weighted by Crippen LogP contribution is -2.15. The predicted molar refractivity (Wildman–Crippen MR) is 141 cm³/mol. The van der Waals surface area contributed by atoms with Crippen LogP contribution in [0.25, 0.3) is 16.7 Å². The Bertz CT molecular complexity index is 1280. The molecule has 0 amide bonds. The fourth-order valence-corrected chi connectivity index (χ4v) is 5.43. The van der Waals surface area contributed by atoms with Crippen molar-refractivity contribution in [3.05, 3.63) is 89.0 Å². The number of fused-ring (bicyclic) bond motifs is 1. The van der Waals surface area contributed by atoms with Crippen LogP contribution in [0.15, 0.2) is 61.2 Å². The molecule has 0 bridgehead atoms. The molecule has 36 heavy (non-hydrogen) atoms. The summed E-state index contributed by atoms with van der Waals surface area (Å²) in [5.74, 6) is 0.871. The molecule has 0 spiro atoms. The highest BCUT2D eigenvalue weighted by molar-refractivity contribution is 5.77. The molecular formula is C31H32O5. The van der Waals surface area contributed by atoms with E-state index in [2.05, 4.69) is 56.8 Å². The maximum absolute atomic E-state index is 11.2. The maximum atomic E-state index is 11.2. The summed E-state index contributed by atoms with van der Waals surface area (Å²) in [7, 11) is 0. The van der Waals surface area contributed by atoms with Crippen LogP contribution in [0.2, 0.25) is 0 Å². The van der Waals surface area contributed by atoms with Gasteiger partial charge in [0.1, 0.15) is 24.2 Å². The fraction of sp³-hybridized carbons (Fsp3) is 0.323. The molecule has 0 unspecified atom stereocenters. The second-order valence-corrected chi connectivity index (χ2v) is 9.88. The molecule has 1 heterocycles. The number of rotatable bonds is 8. The third-order valence-corrected chi connectivity index (χ3v) is 7.08. The Hall–Kier alpha value is -3.57. The fourth-order valence-electron chi connectivity index (χ4n) is 5.43. The van der Waals surface area contributed by atoms with Crippen LogP contribution in [0, 0.1) is 13.8 Å². The Morgan fingerprint density at radius 3 is 2.61 bits per heavy atom. The zero-order valence-electron chi connectivity index (χ0n) is 20.9. The molecular weight excluding hydrogens is 452 g/mol. The number of benzene rings is 3. The number of carbonyl (C=O) groups is 1. The van der Waals surface area contributed by atoms with Gasteiger partial charge < -0.3 is 19.3 Å². The number of hydrogen-bond acceptors (Lipinski definition) is 4. The molecule has 1 aliphatic carbocycles. The average molecular weight is 485 g/mol. The molecule has 1 saturated heterocycles. The van der Waals surface area contributed by atoms with E-state index < -0.39 is 5.97 Å². The lowest BCUT2D eigenvalue weighted by atomic mass is 9.94. The van der Waals surface area contributed by atoms with Gasteiger partial charge in [0.2, 0.25) is 0 Å². The minimum Gasteiger partial charge on any atom is -0.489 e. The Balaban J connectivity index is 1.30. The van der Waals surface area contributed by atoms with Crippen LogP contribution in [0.3, 0.4) is 0 Å². The van der Waals surface area contributed by atoms with Crippen LogP contribution in [0.1, 0.15) is 53.0 Å². The number of hydrogen-bond donors (Lipinski definition) is 1. The maximum Gasteiger partial charge on any atom is 0.303 e. The molecule has 0 saturated carbocycles. The normalized spacial score (nSPS) is 18.8. The molecule has 5 heteroatoms. The summed E-state index contributed by atoms with van der Waals surface area (Å²) >= 11 is 0. The first kappa shape index (κ1) is 24.1. The highest BCUT2D eigenvalue weighted by Gasteiger charge is 2.27. The van der Waals surface area contributed by atoms with Crippen molar-refractivity contribution < 1.29 is 24.1 Å². The van der Waals surface area contributed by atoms with Crippen molar-refractivity contribution in [1.82, 2.24) is 0 Å². The summed E-state index contributed by atoms with van der Waals surface area (Å²) < 4.78 is 17.7. The summed E-state index contributed by atoms with van der Waals surface area (Å²) in [5.41, 5.74) is 8.84. The molecule has 0 radical (unpaired) electrons. The third kappa shape index (κ3) is 5.17. The van der Waals surface area contributed by atoms with Gasteiger partial charge in [-0.15, -0.1) is 0 Å². The lowest BCUT2D eigenvalue weighted by Gasteiger charge is -2.17. The van der Waals surface area contributed by atoms with Gasteiger partial charge in [-0.1, -0.05) is 30.8 Å². The van der Waals surface area contributed by atoms with Crippen molar-refractivity contribution in [2.45, 2.75) is 51.7 Å². The summed E-state index contributed by atoms with van der Waals surface area (Å²) in [4.78, 5) is 11.2. The van der Waals surface area contributed by atoms with Crippen molar-refractivity contribution >= 4 is 11.5 Å². The molecule has 5 rings (SSSR count). The molecule has 1 aliphatic heterocycles. The van der Waals surface area contributed by atoms with Gasteiger partial charge in [-0.2, -0.15) is 0 Å². The van der Waals surface area contributed by atoms with Crippen LogP contribution in [-0.2, 0) is 16.1 Å². The van der Waals surface area contributed by atoms with Gasteiger partial charge in [0.15, 0.2) is 0 Å². The highest BCUT2D eigenvalue weighted by atomic mass is 16.5. The van der Waals surface area contributed by atoms with Crippen LogP contribution < -0.4 is 9.47 Å². The Kier molecular flexibility index (Phi) is 6.84. The first-order valence-corrected chi connectivity index (χ1v) is 12.5. The standard InChI is InChI=1S/C31H32O5/c1-19-11-24(15-30(32)33)28-8-7-25(16-29(19)28)35-17-22-5-4-6-23(14-22)31-20(2)12-27(13-21(31)3)36-26-9-10-34-18-26/h4-8,12-14,16,24,26H,1,9-11,15,17-18H2,2-3H3,(H,32,33)/t24-,26-/m1/s1. The largest absolute Gasteiger partial charge is 0.489 e. The average Bonchev–Trinajstić information content (AvgIpc) is 3.45. The van der Waals surface area contributed by atoms with Crippen molar-refractivity contribution in [2.24, 2.45) is 0 Å². The van der Waals surface area contributed by atoms with E-state index in [1.165, 1.54) is 16.7 Å². The van der Waals surface area contributed by atoms with Gasteiger partial charge in [-0.3, -0.25) is 4.79 Å². The smallest absolute Gasteiger partial charge is 0.303 e. The summed E-state index contributed by atoms with van der Waals surface area (Å²) in [6.07, 6.45) is 1.88. The Morgan fingerprint density at radius 2 is 1.89 bits per heavy atom. The minimum absolute atomic E-state index is 0.00880. The Labute approximate surface area is 212 Å². The zero-order chi connectivity index (χ0) is 25.2. The van der Waals surface area contributed by atoms with E-state index in [0.717, 1.165) is 52.4 Å². The lowest BCUT2D eigenvalue weighted by molar-refractivity contribution is -0.137. The minimum atomic E-state index is -0.781. The van der Waals surface area contributed by atoms with E-state index >= 15 is 0 Å². The molecule has 0 aromatic heterocycles. The van der Waals surface area contributed by atoms with E-state index in [-0.39, 0.29) is 18.4 Å². The molecule has 3 aromatic rings. The molecule has 1 N–H and O–H groups in total. The number of ether oxygens (including phenoxy) is 3.